The monoisotopic (exact) mass is 433 g/mol. The number of hydrogen-bond donors (Lipinski definition) is 2. The van der Waals surface area contributed by atoms with Gasteiger partial charge in [-0.3, -0.25) is 0 Å². The van der Waals surface area contributed by atoms with Gasteiger partial charge < -0.3 is 25.3 Å². The van der Waals surface area contributed by atoms with Crippen molar-refractivity contribution < 1.29 is 4.39 Å². The molecule has 0 aliphatic carbocycles. The van der Waals surface area contributed by atoms with Crippen LogP contribution in [0.3, 0.4) is 0 Å². The van der Waals surface area contributed by atoms with E-state index in [0.717, 1.165) is 63.5 Å². The third kappa shape index (κ3) is 5.11. The Morgan fingerprint density at radius 2 is 1.73 bits per heavy atom. The van der Waals surface area contributed by atoms with Crippen molar-refractivity contribution >= 4 is 34.7 Å². The average molecular weight is 434 g/mol. The summed E-state index contributed by atoms with van der Waals surface area (Å²) in [5, 5.41) is 7.06. The van der Waals surface area contributed by atoms with Gasteiger partial charge in [0.2, 0.25) is 5.95 Å². The molecule has 30 heavy (non-hydrogen) atoms. The number of hydrogen-bond acceptors (Lipinski definition) is 7. The van der Waals surface area contributed by atoms with E-state index in [4.69, 9.17) is 11.6 Å². The van der Waals surface area contributed by atoms with E-state index < -0.39 is 5.82 Å². The summed E-state index contributed by atoms with van der Waals surface area (Å²) in [4.78, 5) is 15.3. The second-order valence-corrected chi connectivity index (χ2v) is 8.60. The molecule has 0 bridgehead atoms. The molecule has 0 unspecified atom stereocenters. The smallest absolute Gasteiger partial charge is 0.229 e. The molecular weight excluding hydrogens is 405 g/mol. The molecule has 162 valence electrons. The lowest BCUT2D eigenvalue weighted by molar-refractivity contribution is 0.263. The lowest BCUT2D eigenvalue weighted by Gasteiger charge is -2.34. The zero-order valence-electron chi connectivity index (χ0n) is 17.5. The van der Waals surface area contributed by atoms with Gasteiger partial charge in [0.05, 0.1) is 16.9 Å². The quantitative estimate of drug-likeness (QED) is 0.750. The van der Waals surface area contributed by atoms with Gasteiger partial charge in [0, 0.05) is 37.9 Å². The van der Waals surface area contributed by atoms with Crippen LogP contribution < -0.4 is 15.5 Å². The van der Waals surface area contributed by atoms with Gasteiger partial charge in [0.25, 0.3) is 0 Å². The maximum absolute atomic E-state index is 14.2. The van der Waals surface area contributed by atoms with Crippen LogP contribution in [-0.4, -0.2) is 79.2 Å². The van der Waals surface area contributed by atoms with Crippen LogP contribution in [0.2, 0.25) is 5.02 Å². The van der Waals surface area contributed by atoms with Gasteiger partial charge in [-0.1, -0.05) is 11.6 Å². The van der Waals surface area contributed by atoms with Crippen molar-refractivity contribution in [2.24, 2.45) is 0 Å². The molecule has 0 amide bonds. The first kappa shape index (κ1) is 21.1. The Labute approximate surface area is 182 Å². The summed E-state index contributed by atoms with van der Waals surface area (Å²) >= 11 is 6.55. The van der Waals surface area contributed by atoms with E-state index in [0.29, 0.717) is 11.0 Å². The lowest BCUT2D eigenvalue weighted by atomic mass is 10.1. The van der Waals surface area contributed by atoms with E-state index in [1.54, 1.807) is 0 Å². The highest BCUT2D eigenvalue weighted by atomic mass is 35.5. The second kappa shape index (κ2) is 9.32. The molecule has 7 nitrogen and oxygen atoms in total. The standard InChI is InChI=1S/C21H29ClFN7/c1-28-7-5-15(6-8-28)25-20-18(23)14-24-21(27-20)26-16-3-4-19(17(22)13-16)30-11-9-29(2)10-12-30/h3-4,13-15H,5-12H2,1-2H3,(H2,24,25,26,27). The lowest BCUT2D eigenvalue weighted by Crippen LogP contribution is -2.44. The molecule has 2 aliphatic heterocycles. The fourth-order valence-electron chi connectivity index (χ4n) is 3.89. The summed E-state index contributed by atoms with van der Waals surface area (Å²) < 4.78 is 14.2. The Hall–Kier alpha value is -2.16. The van der Waals surface area contributed by atoms with Crippen LogP contribution in [0, 0.1) is 5.82 Å². The highest BCUT2D eigenvalue weighted by Crippen LogP contribution is 2.30. The number of nitrogens with one attached hydrogen (secondary N) is 2. The summed E-state index contributed by atoms with van der Waals surface area (Å²) in [6, 6.07) is 6.05. The third-order valence-corrected chi connectivity index (χ3v) is 6.15. The van der Waals surface area contributed by atoms with Crippen LogP contribution in [0.5, 0.6) is 0 Å². The third-order valence-electron chi connectivity index (χ3n) is 5.85. The molecule has 2 fully saturated rings. The predicted octanol–water partition coefficient (Wildman–Crippen LogP) is 3.27. The number of anilines is 4. The molecule has 1 aromatic heterocycles. The minimum absolute atomic E-state index is 0.218. The summed E-state index contributed by atoms with van der Waals surface area (Å²) in [6.45, 7) is 5.94. The highest BCUT2D eigenvalue weighted by molar-refractivity contribution is 6.33. The number of rotatable bonds is 5. The van der Waals surface area contributed by atoms with Gasteiger partial charge in [0.1, 0.15) is 0 Å². The summed E-state index contributed by atoms with van der Waals surface area (Å²) in [5.74, 6) is 0.139. The van der Waals surface area contributed by atoms with Crippen LogP contribution in [0.1, 0.15) is 12.8 Å². The number of benzene rings is 1. The van der Waals surface area contributed by atoms with E-state index in [9.17, 15) is 4.39 Å². The molecule has 2 saturated heterocycles. The first-order valence-corrected chi connectivity index (χ1v) is 10.8. The van der Waals surface area contributed by atoms with Gasteiger partial charge in [-0.15, -0.1) is 0 Å². The fourth-order valence-corrected chi connectivity index (χ4v) is 4.19. The van der Waals surface area contributed by atoms with E-state index in [1.165, 1.54) is 6.20 Å². The van der Waals surface area contributed by atoms with Crippen molar-refractivity contribution in [3.05, 3.63) is 35.2 Å². The van der Waals surface area contributed by atoms with Crippen LogP contribution in [0.15, 0.2) is 24.4 Å². The van der Waals surface area contributed by atoms with Crippen molar-refractivity contribution in [3.63, 3.8) is 0 Å². The first-order chi connectivity index (χ1) is 14.5. The van der Waals surface area contributed by atoms with Gasteiger partial charge in [-0.05, 0) is 58.2 Å². The van der Waals surface area contributed by atoms with E-state index in [2.05, 4.69) is 49.4 Å². The zero-order chi connectivity index (χ0) is 21.1. The molecule has 0 atom stereocenters. The normalized spacial score (nSPS) is 19.1. The Morgan fingerprint density at radius 3 is 2.43 bits per heavy atom. The number of likely N-dealkylation sites (tertiary alicyclic amines) is 1. The largest absolute Gasteiger partial charge is 0.368 e. The van der Waals surface area contributed by atoms with Crippen LogP contribution in [-0.2, 0) is 0 Å². The minimum Gasteiger partial charge on any atom is -0.368 e. The molecule has 0 spiro atoms. The molecule has 2 aliphatic rings. The highest BCUT2D eigenvalue weighted by Gasteiger charge is 2.19. The Kier molecular flexibility index (Phi) is 6.55. The van der Waals surface area contributed by atoms with Crippen molar-refractivity contribution in [1.29, 1.82) is 0 Å². The van der Waals surface area contributed by atoms with Crippen molar-refractivity contribution in [1.82, 2.24) is 19.8 Å². The van der Waals surface area contributed by atoms with Crippen molar-refractivity contribution in [3.8, 4) is 0 Å². The molecule has 2 aromatic rings. The average Bonchev–Trinajstić information content (AvgIpc) is 2.73. The summed E-state index contributed by atoms with van der Waals surface area (Å²) in [7, 11) is 4.23. The summed E-state index contributed by atoms with van der Waals surface area (Å²) in [5.41, 5.74) is 1.80. The number of nitrogens with zero attached hydrogens (tertiary/aromatic N) is 5. The maximum Gasteiger partial charge on any atom is 0.229 e. The fraction of sp³-hybridized carbons (Fsp3) is 0.524. The molecule has 3 heterocycles. The predicted molar refractivity (Wildman–Crippen MR) is 121 cm³/mol. The number of likely N-dealkylation sites (N-methyl/N-ethyl adjacent to an activating group) is 1. The molecule has 0 saturated carbocycles. The minimum atomic E-state index is -0.442. The Balaban J connectivity index is 1.43. The topological polar surface area (TPSA) is 59.6 Å². The molecule has 2 N–H and O–H groups in total. The molecule has 1 aromatic carbocycles. The van der Waals surface area contributed by atoms with E-state index in [-0.39, 0.29) is 11.9 Å². The maximum atomic E-state index is 14.2. The molecule has 9 heteroatoms. The van der Waals surface area contributed by atoms with Crippen LogP contribution in [0.25, 0.3) is 0 Å². The number of piperazine rings is 1. The van der Waals surface area contributed by atoms with Crippen LogP contribution in [0.4, 0.5) is 27.5 Å². The second-order valence-electron chi connectivity index (χ2n) is 8.19. The molecule has 4 rings (SSSR count). The Bertz CT molecular complexity index is 864. The van der Waals surface area contributed by atoms with E-state index >= 15 is 0 Å². The van der Waals surface area contributed by atoms with Gasteiger partial charge >= 0.3 is 0 Å². The van der Waals surface area contributed by atoms with E-state index in [1.807, 2.05) is 18.2 Å². The van der Waals surface area contributed by atoms with Gasteiger partial charge in [-0.25, -0.2) is 9.37 Å². The number of aromatic nitrogens is 2. The summed E-state index contributed by atoms with van der Waals surface area (Å²) in [6.07, 6.45) is 3.13. The first-order valence-electron chi connectivity index (χ1n) is 10.5. The SMILES string of the molecule is CN1CCC(Nc2nc(Nc3ccc(N4CCN(C)CC4)c(Cl)c3)ncc2F)CC1. The zero-order valence-corrected chi connectivity index (χ0v) is 18.3. The van der Waals surface area contributed by atoms with Crippen molar-refractivity contribution in [2.45, 2.75) is 18.9 Å². The van der Waals surface area contributed by atoms with Gasteiger partial charge in [-0.2, -0.15) is 4.98 Å². The Morgan fingerprint density at radius 1 is 1.03 bits per heavy atom. The van der Waals surface area contributed by atoms with Crippen molar-refractivity contribution in [2.75, 3.05) is 68.9 Å². The number of halogens is 2. The molecule has 0 radical (unpaired) electrons. The van der Waals surface area contributed by atoms with Crippen LogP contribution >= 0.6 is 11.6 Å². The number of piperidine rings is 1. The molecular formula is C21H29ClFN7. The van der Waals surface area contributed by atoms with Gasteiger partial charge in [0.15, 0.2) is 11.6 Å².